The van der Waals surface area contributed by atoms with Crippen LogP contribution in [0.25, 0.3) is 0 Å². The number of aromatic carboxylic acids is 1. The van der Waals surface area contributed by atoms with E-state index in [1.165, 1.54) is 0 Å². The summed E-state index contributed by atoms with van der Waals surface area (Å²) >= 11 is 1.66. The summed E-state index contributed by atoms with van der Waals surface area (Å²) in [4.78, 5) is 11.7. The number of nitrogens with two attached hydrogens (primary N) is 1. The SMILES string of the molecule is CC(C)(C)Sc1ccc(C(=O)O)c(N)c1. The Hall–Kier alpha value is -1.16. The molecule has 0 aliphatic carbocycles. The molecule has 0 aliphatic heterocycles. The third kappa shape index (κ3) is 3.47. The van der Waals surface area contributed by atoms with Gasteiger partial charge >= 0.3 is 5.97 Å². The number of carboxylic acid groups (broad SMARTS) is 1. The van der Waals surface area contributed by atoms with E-state index in [-0.39, 0.29) is 10.3 Å². The first-order valence-electron chi connectivity index (χ1n) is 4.61. The number of nitrogen functional groups attached to an aromatic ring is 1. The van der Waals surface area contributed by atoms with Crippen LogP contribution in [-0.4, -0.2) is 15.8 Å². The van der Waals surface area contributed by atoms with Crippen molar-refractivity contribution in [3.63, 3.8) is 0 Å². The Balaban J connectivity index is 2.97. The molecule has 82 valence electrons. The van der Waals surface area contributed by atoms with E-state index < -0.39 is 5.97 Å². The van der Waals surface area contributed by atoms with E-state index in [0.29, 0.717) is 5.69 Å². The maximum Gasteiger partial charge on any atom is 0.337 e. The lowest BCUT2D eigenvalue weighted by atomic mass is 10.2. The highest BCUT2D eigenvalue weighted by atomic mass is 32.2. The standard InChI is InChI=1S/C11H15NO2S/c1-11(2,3)15-7-4-5-8(10(13)14)9(12)6-7/h4-6H,12H2,1-3H3,(H,13,14). The smallest absolute Gasteiger partial charge is 0.337 e. The molecule has 3 N–H and O–H groups in total. The van der Waals surface area contributed by atoms with Crippen LogP contribution in [0.4, 0.5) is 5.69 Å². The topological polar surface area (TPSA) is 63.3 Å². The molecule has 0 aromatic heterocycles. The average Bonchev–Trinajstić information content (AvgIpc) is 1.99. The van der Waals surface area contributed by atoms with Crippen molar-refractivity contribution in [2.45, 2.75) is 30.4 Å². The van der Waals surface area contributed by atoms with Crippen LogP contribution in [0, 0.1) is 0 Å². The van der Waals surface area contributed by atoms with Gasteiger partial charge in [-0.2, -0.15) is 0 Å². The Morgan fingerprint density at radius 1 is 1.40 bits per heavy atom. The molecule has 0 atom stereocenters. The van der Waals surface area contributed by atoms with Crippen molar-refractivity contribution in [3.8, 4) is 0 Å². The molecule has 0 unspecified atom stereocenters. The molecule has 0 bridgehead atoms. The first-order valence-corrected chi connectivity index (χ1v) is 5.43. The van der Waals surface area contributed by atoms with Gasteiger partial charge in [-0.05, 0) is 18.2 Å². The van der Waals surface area contributed by atoms with E-state index in [9.17, 15) is 4.79 Å². The van der Waals surface area contributed by atoms with Crippen molar-refractivity contribution < 1.29 is 9.90 Å². The summed E-state index contributed by atoms with van der Waals surface area (Å²) in [6.07, 6.45) is 0. The predicted molar refractivity (Wildman–Crippen MR) is 63.4 cm³/mol. The molecule has 0 heterocycles. The minimum Gasteiger partial charge on any atom is -0.478 e. The van der Waals surface area contributed by atoms with Crippen molar-refractivity contribution in [1.82, 2.24) is 0 Å². The van der Waals surface area contributed by atoms with Gasteiger partial charge in [0, 0.05) is 15.3 Å². The highest BCUT2D eigenvalue weighted by Crippen LogP contribution is 2.33. The summed E-state index contributed by atoms with van der Waals surface area (Å²) in [6, 6.07) is 5.04. The molecular formula is C11H15NO2S. The van der Waals surface area contributed by atoms with Crippen LogP contribution in [0.5, 0.6) is 0 Å². The average molecular weight is 225 g/mol. The van der Waals surface area contributed by atoms with Crippen molar-refractivity contribution in [1.29, 1.82) is 0 Å². The fraction of sp³-hybridized carbons (Fsp3) is 0.364. The van der Waals surface area contributed by atoms with E-state index >= 15 is 0 Å². The van der Waals surface area contributed by atoms with Gasteiger partial charge in [-0.1, -0.05) is 20.8 Å². The van der Waals surface area contributed by atoms with Gasteiger partial charge in [-0.15, -0.1) is 11.8 Å². The Morgan fingerprint density at radius 3 is 2.40 bits per heavy atom. The molecule has 0 radical (unpaired) electrons. The van der Waals surface area contributed by atoms with Gasteiger partial charge in [0.1, 0.15) is 0 Å². The second kappa shape index (κ2) is 4.14. The van der Waals surface area contributed by atoms with Gasteiger partial charge in [0.15, 0.2) is 0 Å². The fourth-order valence-electron chi connectivity index (χ4n) is 1.15. The molecule has 0 amide bonds. The number of rotatable bonds is 2. The Bertz CT molecular complexity index is 383. The van der Waals surface area contributed by atoms with Gasteiger partial charge in [0.25, 0.3) is 0 Å². The molecule has 0 spiro atoms. The molecule has 0 fully saturated rings. The first kappa shape index (κ1) is 11.9. The van der Waals surface area contributed by atoms with Crippen molar-refractivity contribution in [2.24, 2.45) is 0 Å². The number of carboxylic acids is 1. The molecule has 0 saturated heterocycles. The minimum atomic E-state index is -0.986. The summed E-state index contributed by atoms with van der Waals surface area (Å²) in [5, 5.41) is 8.80. The number of hydrogen-bond acceptors (Lipinski definition) is 3. The van der Waals surface area contributed by atoms with Gasteiger partial charge in [-0.25, -0.2) is 4.79 Å². The van der Waals surface area contributed by atoms with Crippen LogP contribution in [0.1, 0.15) is 31.1 Å². The zero-order valence-corrected chi connectivity index (χ0v) is 9.89. The first-order chi connectivity index (χ1) is 6.79. The van der Waals surface area contributed by atoms with Gasteiger partial charge in [0.2, 0.25) is 0 Å². The Labute approximate surface area is 93.7 Å². The number of carbonyl (C=O) groups is 1. The number of hydrogen-bond donors (Lipinski definition) is 2. The molecule has 15 heavy (non-hydrogen) atoms. The van der Waals surface area contributed by atoms with Crippen LogP contribution >= 0.6 is 11.8 Å². The molecule has 1 aromatic rings. The highest BCUT2D eigenvalue weighted by molar-refractivity contribution is 8.00. The number of benzene rings is 1. The molecule has 3 nitrogen and oxygen atoms in total. The molecule has 0 saturated carbocycles. The maximum absolute atomic E-state index is 10.7. The van der Waals surface area contributed by atoms with Gasteiger partial charge in [-0.3, -0.25) is 0 Å². The summed E-state index contributed by atoms with van der Waals surface area (Å²) in [6.45, 7) is 6.29. The van der Waals surface area contributed by atoms with Gasteiger partial charge in [0.05, 0.1) is 5.56 Å². The predicted octanol–water partition coefficient (Wildman–Crippen LogP) is 2.86. The minimum absolute atomic E-state index is 0.0944. The van der Waals surface area contributed by atoms with E-state index in [1.54, 1.807) is 30.0 Å². The van der Waals surface area contributed by atoms with Crippen molar-refractivity contribution >= 4 is 23.4 Å². The van der Waals surface area contributed by atoms with Crippen molar-refractivity contribution in [2.75, 3.05) is 5.73 Å². The Morgan fingerprint density at radius 2 is 2.00 bits per heavy atom. The third-order valence-corrected chi connectivity index (χ3v) is 2.78. The second-order valence-corrected chi connectivity index (χ2v) is 6.17. The van der Waals surface area contributed by atoms with Crippen LogP contribution in [-0.2, 0) is 0 Å². The normalized spacial score (nSPS) is 11.4. The van der Waals surface area contributed by atoms with E-state index in [2.05, 4.69) is 20.8 Å². The van der Waals surface area contributed by atoms with E-state index in [4.69, 9.17) is 10.8 Å². The summed E-state index contributed by atoms with van der Waals surface area (Å²) in [5.41, 5.74) is 6.12. The largest absolute Gasteiger partial charge is 0.478 e. The Kier molecular flexibility index (Phi) is 3.29. The molecule has 1 aromatic carbocycles. The zero-order valence-electron chi connectivity index (χ0n) is 9.07. The van der Waals surface area contributed by atoms with E-state index in [1.807, 2.05) is 0 Å². The van der Waals surface area contributed by atoms with E-state index in [0.717, 1.165) is 4.90 Å². The maximum atomic E-state index is 10.7. The van der Waals surface area contributed by atoms with Crippen LogP contribution < -0.4 is 5.73 Å². The van der Waals surface area contributed by atoms with Crippen LogP contribution in [0.2, 0.25) is 0 Å². The lowest BCUT2D eigenvalue weighted by Gasteiger charge is -2.17. The van der Waals surface area contributed by atoms with Crippen LogP contribution in [0.15, 0.2) is 23.1 Å². The number of anilines is 1. The molecule has 0 aliphatic rings. The quantitative estimate of drug-likeness (QED) is 0.600. The summed E-state index contributed by atoms with van der Waals surface area (Å²) in [5.74, 6) is -0.986. The summed E-state index contributed by atoms with van der Waals surface area (Å²) in [7, 11) is 0. The monoisotopic (exact) mass is 225 g/mol. The fourth-order valence-corrected chi connectivity index (χ4v) is 2.18. The number of thioether (sulfide) groups is 1. The van der Waals surface area contributed by atoms with Gasteiger partial charge < -0.3 is 10.8 Å². The lowest BCUT2D eigenvalue weighted by Crippen LogP contribution is -2.07. The van der Waals surface area contributed by atoms with Crippen molar-refractivity contribution in [3.05, 3.63) is 23.8 Å². The lowest BCUT2D eigenvalue weighted by molar-refractivity contribution is 0.0698. The molecular weight excluding hydrogens is 210 g/mol. The third-order valence-electron chi connectivity index (χ3n) is 1.68. The molecule has 1 rings (SSSR count). The molecule has 4 heteroatoms. The highest BCUT2D eigenvalue weighted by Gasteiger charge is 2.14. The summed E-state index contributed by atoms with van der Waals surface area (Å²) < 4.78 is 0.0944. The van der Waals surface area contributed by atoms with Crippen LogP contribution in [0.3, 0.4) is 0 Å². The zero-order chi connectivity index (χ0) is 11.6. The second-order valence-electron chi connectivity index (χ2n) is 4.27.